The number of fused-ring (bicyclic) bond motifs is 1. The highest BCUT2D eigenvalue weighted by molar-refractivity contribution is 5.85. The number of aromatic nitrogens is 2. The number of methoxy groups -OCH3 is 1. The molecule has 1 N–H and O–H groups in total. The second-order valence-electron chi connectivity index (χ2n) is 5.70. The minimum absolute atomic E-state index is 0. The summed E-state index contributed by atoms with van der Waals surface area (Å²) in [5, 5.41) is 7.93. The zero-order chi connectivity index (χ0) is 16.4. The molecule has 0 amide bonds. The normalized spacial score (nSPS) is 14.0. The van der Waals surface area contributed by atoms with Crippen LogP contribution in [0.3, 0.4) is 0 Å². The van der Waals surface area contributed by atoms with E-state index in [9.17, 15) is 0 Å². The molecule has 0 spiro atoms. The van der Waals surface area contributed by atoms with Crippen LogP contribution in [-0.4, -0.2) is 30.1 Å². The number of nitrogens with zero attached hydrogens (tertiary/aromatic N) is 2. The van der Waals surface area contributed by atoms with Gasteiger partial charge in [0, 0.05) is 19.6 Å². The van der Waals surface area contributed by atoms with Gasteiger partial charge in [0.2, 0.25) is 5.88 Å². The van der Waals surface area contributed by atoms with Crippen molar-refractivity contribution in [3.8, 4) is 17.4 Å². The van der Waals surface area contributed by atoms with Crippen molar-refractivity contribution < 1.29 is 14.2 Å². The second-order valence-corrected chi connectivity index (χ2v) is 5.70. The van der Waals surface area contributed by atoms with Gasteiger partial charge in [0.05, 0.1) is 18.4 Å². The van der Waals surface area contributed by atoms with Gasteiger partial charge in [-0.2, -0.15) is 5.10 Å². The minimum atomic E-state index is 0. The predicted octanol–water partition coefficient (Wildman–Crippen LogP) is 2.78. The van der Waals surface area contributed by atoms with Crippen LogP contribution < -0.4 is 19.5 Å². The van der Waals surface area contributed by atoms with E-state index >= 15 is 0 Å². The predicted molar refractivity (Wildman–Crippen MR) is 94.4 cm³/mol. The maximum atomic E-state index is 5.65. The molecule has 0 aliphatic carbocycles. The van der Waals surface area contributed by atoms with Crippen LogP contribution in [0.25, 0.3) is 0 Å². The summed E-state index contributed by atoms with van der Waals surface area (Å²) in [5.74, 6) is 2.43. The molecule has 1 aromatic heterocycles. The minimum Gasteiger partial charge on any atom is -0.486 e. The lowest BCUT2D eigenvalue weighted by atomic mass is 10.1. The Balaban J connectivity index is 0.00000208. The molecule has 0 saturated carbocycles. The third-order valence-electron chi connectivity index (χ3n) is 4.13. The first-order chi connectivity index (χ1) is 11.1. The monoisotopic (exact) mass is 353 g/mol. The third kappa shape index (κ3) is 3.60. The summed E-state index contributed by atoms with van der Waals surface area (Å²) in [6.07, 6.45) is 0. The van der Waals surface area contributed by atoms with Crippen molar-refractivity contribution in [3.05, 3.63) is 35.0 Å². The Morgan fingerprint density at radius 2 is 2.00 bits per heavy atom. The van der Waals surface area contributed by atoms with Crippen LogP contribution in [0.1, 0.15) is 29.8 Å². The molecule has 2 aromatic rings. The molecule has 3 rings (SSSR count). The highest BCUT2D eigenvalue weighted by Gasteiger charge is 2.17. The first kappa shape index (κ1) is 18.4. The molecule has 2 heterocycles. The summed E-state index contributed by atoms with van der Waals surface area (Å²) in [5.41, 5.74) is 3.22. The van der Waals surface area contributed by atoms with E-state index in [1.807, 2.05) is 26.1 Å². The molecule has 0 bridgehead atoms. The lowest BCUT2D eigenvalue weighted by molar-refractivity contribution is 0.171. The number of aryl methyl sites for hydroxylation is 2. The Hall–Kier alpha value is -1.92. The van der Waals surface area contributed by atoms with Gasteiger partial charge < -0.3 is 19.5 Å². The van der Waals surface area contributed by atoms with Gasteiger partial charge >= 0.3 is 0 Å². The van der Waals surface area contributed by atoms with Crippen molar-refractivity contribution in [2.45, 2.75) is 26.4 Å². The first-order valence-corrected chi connectivity index (χ1v) is 7.79. The summed E-state index contributed by atoms with van der Waals surface area (Å²) in [6, 6.07) is 6.26. The fourth-order valence-corrected chi connectivity index (χ4v) is 2.84. The highest BCUT2D eigenvalue weighted by atomic mass is 35.5. The van der Waals surface area contributed by atoms with E-state index in [0.717, 1.165) is 34.2 Å². The van der Waals surface area contributed by atoms with Gasteiger partial charge in [-0.05, 0) is 31.5 Å². The maximum absolute atomic E-state index is 5.65. The van der Waals surface area contributed by atoms with E-state index in [2.05, 4.69) is 23.4 Å². The molecule has 1 aliphatic rings. The van der Waals surface area contributed by atoms with Gasteiger partial charge in [-0.25, -0.2) is 4.68 Å². The van der Waals surface area contributed by atoms with E-state index in [0.29, 0.717) is 19.8 Å². The molecule has 1 atom stereocenters. The molecule has 0 saturated heterocycles. The number of benzene rings is 1. The Bertz CT molecular complexity index is 703. The number of nitrogens with one attached hydrogen (secondary N) is 1. The Kier molecular flexibility index (Phi) is 5.96. The molecular weight excluding hydrogens is 330 g/mol. The lowest BCUT2D eigenvalue weighted by Gasteiger charge is -2.21. The molecule has 1 aromatic carbocycles. The average Bonchev–Trinajstić information content (AvgIpc) is 2.84. The van der Waals surface area contributed by atoms with E-state index in [4.69, 9.17) is 14.2 Å². The molecule has 6 nitrogen and oxygen atoms in total. The van der Waals surface area contributed by atoms with E-state index in [-0.39, 0.29) is 18.4 Å². The topological polar surface area (TPSA) is 57.5 Å². The fraction of sp³-hybridized carbons (Fsp3) is 0.471. The molecule has 1 unspecified atom stereocenters. The van der Waals surface area contributed by atoms with Gasteiger partial charge in [0.25, 0.3) is 0 Å². The third-order valence-corrected chi connectivity index (χ3v) is 4.13. The fourth-order valence-electron chi connectivity index (χ4n) is 2.84. The number of halogens is 1. The van der Waals surface area contributed by atoms with Crippen LogP contribution in [0.15, 0.2) is 18.2 Å². The summed E-state index contributed by atoms with van der Waals surface area (Å²) >= 11 is 0. The van der Waals surface area contributed by atoms with E-state index in [1.165, 1.54) is 0 Å². The lowest BCUT2D eigenvalue weighted by Crippen LogP contribution is -2.20. The zero-order valence-corrected chi connectivity index (χ0v) is 15.3. The molecule has 0 fully saturated rings. The summed E-state index contributed by atoms with van der Waals surface area (Å²) in [6.45, 7) is 6.03. The number of rotatable bonds is 5. The van der Waals surface area contributed by atoms with Crippen molar-refractivity contribution in [1.29, 1.82) is 0 Å². The van der Waals surface area contributed by atoms with Crippen LogP contribution in [0.4, 0.5) is 0 Å². The van der Waals surface area contributed by atoms with Gasteiger partial charge in [-0.1, -0.05) is 6.07 Å². The molecule has 132 valence electrons. The van der Waals surface area contributed by atoms with E-state index < -0.39 is 0 Å². The molecule has 0 radical (unpaired) electrons. The molecule has 7 heteroatoms. The number of hydrogen-bond acceptors (Lipinski definition) is 5. The molecular formula is C17H24ClN3O3. The van der Waals surface area contributed by atoms with Crippen LogP contribution in [-0.2, 0) is 13.6 Å². The number of ether oxygens (including phenoxy) is 3. The highest BCUT2D eigenvalue weighted by Crippen LogP contribution is 2.32. The van der Waals surface area contributed by atoms with Crippen molar-refractivity contribution >= 4 is 12.4 Å². The van der Waals surface area contributed by atoms with Crippen LogP contribution in [0, 0.1) is 6.92 Å². The first-order valence-electron chi connectivity index (χ1n) is 7.79. The standard InChI is InChI=1S/C17H23N3O3.ClH/c1-11(13-5-6-15-16(9-13)23-8-7-22-15)18-10-14-12(2)19-20(3)17(14)21-4;/h5-6,9,11,18H,7-8,10H2,1-4H3;1H. The second kappa shape index (κ2) is 7.77. The van der Waals surface area contributed by atoms with Gasteiger partial charge in [0.15, 0.2) is 11.5 Å². The Morgan fingerprint density at radius 3 is 2.71 bits per heavy atom. The maximum Gasteiger partial charge on any atom is 0.216 e. The SMILES string of the molecule is COc1c(CNC(C)c2ccc3c(c2)OCCO3)c(C)nn1C.Cl. The quantitative estimate of drug-likeness (QED) is 0.895. The largest absolute Gasteiger partial charge is 0.486 e. The van der Waals surface area contributed by atoms with Crippen molar-refractivity contribution in [2.24, 2.45) is 7.05 Å². The van der Waals surface area contributed by atoms with E-state index in [1.54, 1.807) is 11.8 Å². The average molecular weight is 354 g/mol. The van der Waals surface area contributed by atoms with Crippen molar-refractivity contribution in [2.75, 3.05) is 20.3 Å². The summed E-state index contributed by atoms with van der Waals surface area (Å²) in [7, 11) is 3.56. The van der Waals surface area contributed by atoms with Gasteiger partial charge in [-0.15, -0.1) is 12.4 Å². The number of hydrogen-bond donors (Lipinski definition) is 1. The van der Waals surface area contributed by atoms with Gasteiger partial charge in [-0.3, -0.25) is 0 Å². The van der Waals surface area contributed by atoms with Crippen molar-refractivity contribution in [3.63, 3.8) is 0 Å². The van der Waals surface area contributed by atoms with Crippen LogP contribution >= 0.6 is 12.4 Å². The smallest absolute Gasteiger partial charge is 0.216 e. The summed E-state index contributed by atoms with van der Waals surface area (Å²) < 4.78 is 18.4. The molecule has 1 aliphatic heterocycles. The van der Waals surface area contributed by atoms with Crippen LogP contribution in [0.2, 0.25) is 0 Å². The molecule has 24 heavy (non-hydrogen) atoms. The zero-order valence-electron chi connectivity index (χ0n) is 14.5. The Labute approximate surface area is 148 Å². The van der Waals surface area contributed by atoms with Crippen LogP contribution in [0.5, 0.6) is 17.4 Å². The Morgan fingerprint density at radius 1 is 1.29 bits per heavy atom. The van der Waals surface area contributed by atoms with Gasteiger partial charge in [0.1, 0.15) is 13.2 Å². The van der Waals surface area contributed by atoms with Crippen molar-refractivity contribution in [1.82, 2.24) is 15.1 Å². The summed E-state index contributed by atoms with van der Waals surface area (Å²) in [4.78, 5) is 0.